The second kappa shape index (κ2) is 20.0. The van der Waals surface area contributed by atoms with Crippen molar-refractivity contribution >= 4 is 63.6 Å². The van der Waals surface area contributed by atoms with Gasteiger partial charge in [0.25, 0.3) is 11.8 Å². The molecule has 0 spiro atoms. The molecule has 0 bridgehead atoms. The van der Waals surface area contributed by atoms with E-state index in [-0.39, 0.29) is 11.6 Å². The van der Waals surface area contributed by atoms with Crippen molar-refractivity contribution in [1.82, 2.24) is 10.2 Å². The maximum Gasteiger partial charge on any atom is 0.341 e. The molecule has 12 heteroatoms. The molecular weight excluding hydrogens is 793 g/mol. The topological polar surface area (TPSA) is 126 Å². The average Bonchev–Trinajstić information content (AvgIpc) is 3.63. The highest BCUT2D eigenvalue weighted by molar-refractivity contribution is 8.00. The third-order valence-corrected chi connectivity index (χ3v) is 12.1. The van der Waals surface area contributed by atoms with Gasteiger partial charge in [-0.25, -0.2) is 4.79 Å². The number of benzene rings is 5. The van der Waals surface area contributed by atoms with Gasteiger partial charge < -0.3 is 25.4 Å². The minimum atomic E-state index is -0.730. The smallest absolute Gasteiger partial charge is 0.341 e. The summed E-state index contributed by atoms with van der Waals surface area (Å²) in [6.45, 7) is 4.49. The predicted molar refractivity (Wildman–Crippen MR) is 238 cm³/mol. The normalized spacial score (nSPS) is 13.1. The van der Waals surface area contributed by atoms with Crippen LogP contribution in [0.1, 0.15) is 60.0 Å². The van der Waals surface area contributed by atoms with Crippen LogP contribution in [0, 0.1) is 0 Å². The molecule has 3 N–H and O–H groups in total. The number of anilines is 2. The van der Waals surface area contributed by atoms with E-state index in [0.717, 1.165) is 29.1 Å². The van der Waals surface area contributed by atoms with Gasteiger partial charge in [0, 0.05) is 46.2 Å². The number of para-hydroxylation sites is 1. The molecule has 5 aromatic carbocycles. The number of nitrogens with zero attached hydrogens (tertiary/aromatic N) is 1. The lowest BCUT2D eigenvalue weighted by Crippen LogP contribution is -2.30. The summed E-state index contributed by atoms with van der Waals surface area (Å²) < 4.78 is 11.0. The SMILES string of the molecule is CCOc1ccccc1/C=C(/NC(=O)c1ccccc1)C(=O)Nc1cccc(SC(C(=O)Nc2sc3c(c2C(=O)OC)CCN(Cc2ccccc2)C3)c2ccccc2)c1. The number of methoxy groups -OCH3 is 1. The molecule has 1 aliphatic heterocycles. The molecule has 2 heterocycles. The van der Waals surface area contributed by atoms with E-state index in [1.165, 1.54) is 35.8 Å². The van der Waals surface area contributed by atoms with Crippen LogP contribution >= 0.6 is 23.1 Å². The molecule has 0 saturated carbocycles. The van der Waals surface area contributed by atoms with Crippen LogP contribution < -0.4 is 20.7 Å². The fraction of sp³-hybridized carbons (Fsp3) is 0.167. The van der Waals surface area contributed by atoms with E-state index in [0.29, 0.717) is 57.6 Å². The van der Waals surface area contributed by atoms with Crippen molar-refractivity contribution in [2.24, 2.45) is 0 Å². The molecule has 304 valence electrons. The summed E-state index contributed by atoms with van der Waals surface area (Å²) in [6.07, 6.45) is 2.24. The summed E-state index contributed by atoms with van der Waals surface area (Å²) in [5, 5.41) is 8.56. The molecule has 0 fully saturated rings. The molecule has 1 unspecified atom stereocenters. The first-order valence-electron chi connectivity index (χ1n) is 19.5. The van der Waals surface area contributed by atoms with Gasteiger partial charge in [0.2, 0.25) is 5.91 Å². The maximum absolute atomic E-state index is 14.4. The number of esters is 1. The first-order chi connectivity index (χ1) is 29.3. The second-order valence-corrected chi connectivity index (χ2v) is 16.2. The number of amides is 3. The Kier molecular flexibility index (Phi) is 13.9. The molecule has 0 aliphatic carbocycles. The Hall–Kier alpha value is -6.47. The molecule has 7 rings (SSSR count). The van der Waals surface area contributed by atoms with Gasteiger partial charge in [-0.05, 0) is 72.5 Å². The summed E-state index contributed by atoms with van der Waals surface area (Å²) in [7, 11) is 1.35. The van der Waals surface area contributed by atoms with Crippen LogP contribution in [0.2, 0.25) is 0 Å². The largest absolute Gasteiger partial charge is 0.493 e. The number of hydrogen-bond acceptors (Lipinski definition) is 9. The Morgan fingerprint density at radius 2 is 1.53 bits per heavy atom. The minimum absolute atomic E-state index is 0.0128. The Morgan fingerprint density at radius 1 is 0.833 bits per heavy atom. The van der Waals surface area contributed by atoms with E-state index in [9.17, 15) is 19.2 Å². The number of ether oxygens (including phenoxy) is 2. The van der Waals surface area contributed by atoms with Crippen molar-refractivity contribution in [3.63, 3.8) is 0 Å². The number of fused-ring (bicyclic) bond motifs is 1. The molecule has 1 aliphatic rings. The van der Waals surface area contributed by atoms with Crippen LogP contribution in [-0.2, 0) is 33.8 Å². The lowest BCUT2D eigenvalue weighted by atomic mass is 10.0. The van der Waals surface area contributed by atoms with Crippen LogP contribution in [-0.4, -0.2) is 48.9 Å². The minimum Gasteiger partial charge on any atom is -0.493 e. The monoisotopic (exact) mass is 836 g/mol. The zero-order valence-corrected chi connectivity index (χ0v) is 34.8. The van der Waals surface area contributed by atoms with E-state index in [4.69, 9.17) is 9.47 Å². The Morgan fingerprint density at radius 3 is 2.27 bits per heavy atom. The molecular formula is C48H44N4O6S2. The van der Waals surface area contributed by atoms with Crippen molar-refractivity contribution in [2.75, 3.05) is 30.9 Å². The third kappa shape index (κ3) is 10.4. The highest BCUT2D eigenvalue weighted by atomic mass is 32.2. The van der Waals surface area contributed by atoms with Crippen molar-refractivity contribution in [3.8, 4) is 5.75 Å². The maximum atomic E-state index is 14.4. The van der Waals surface area contributed by atoms with Crippen LogP contribution in [0.25, 0.3) is 6.08 Å². The van der Waals surface area contributed by atoms with E-state index in [2.05, 4.69) is 33.0 Å². The molecule has 10 nitrogen and oxygen atoms in total. The second-order valence-electron chi connectivity index (χ2n) is 13.9. The summed E-state index contributed by atoms with van der Waals surface area (Å²) in [4.78, 5) is 59.0. The molecule has 6 aromatic rings. The van der Waals surface area contributed by atoms with Crippen LogP contribution in [0.15, 0.2) is 150 Å². The molecule has 1 atom stereocenters. The van der Waals surface area contributed by atoms with E-state index in [1.54, 1.807) is 60.7 Å². The number of thiophene rings is 1. The summed E-state index contributed by atoms with van der Waals surface area (Å²) >= 11 is 2.72. The summed E-state index contributed by atoms with van der Waals surface area (Å²) in [6, 6.07) is 42.8. The lowest BCUT2D eigenvalue weighted by Gasteiger charge is -2.27. The third-order valence-electron chi connectivity index (χ3n) is 9.74. The number of carbonyl (C=O) groups excluding carboxylic acids is 4. The van der Waals surface area contributed by atoms with E-state index >= 15 is 0 Å². The Bertz CT molecular complexity index is 2490. The van der Waals surface area contributed by atoms with Gasteiger partial charge in [-0.3, -0.25) is 19.3 Å². The molecule has 1 aromatic heterocycles. The van der Waals surface area contributed by atoms with Crippen LogP contribution in [0.3, 0.4) is 0 Å². The molecule has 0 saturated heterocycles. The van der Waals surface area contributed by atoms with Gasteiger partial charge in [0.05, 0.1) is 19.3 Å². The van der Waals surface area contributed by atoms with Gasteiger partial charge in [0.15, 0.2) is 0 Å². The number of rotatable bonds is 15. The van der Waals surface area contributed by atoms with Crippen LogP contribution in [0.4, 0.5) is 10.7 Å². The van der Waals surface area contributed by atoms with Crippen molar-refractivity contribution in [3.05, 3.63) is 183 Å². The fourth-order valence-electron chi connectivity index (χ4n) is 6.88. The van der Waals surface area contributed by atoms with Gasteiger partial charge in [-0.2, -0.15) is 0 Å². The van der Waals surface area contributed by atoms with Crippen LogP contribution in [0.5, 0.6) is 5.75 Å². The molecule has 0 radical (unpaired) electrons. The van der Waals surface area contributed by atoms with Crippen molar-refractivity contribution < 1.29 is 28.7 Å². The van der Waals surface area contributed by atoms with Gasteiger partial charge >= 0.3 is 5.97 Å². The standard InChI is InChI=1S/C48H44N4O6S2/c1-3-58-40-25-14-13-22-35(40)28-39(50-44(53)34-20-11-6-12-21-34)45(54)49-36-23-15-24-37(29-36)59-43(33-18-9-5-10-19-33)46(55)51-47-42(48(56)57-2)38-26-27-52(31-41(38)60-47)30-32-16-7-4-8-17-32/h4-25,28-29,43H,3,26-27,30-31H2,1-2H3,(H,49,54)(H,50,53)(H,51,55)/b39-28+. The van der Waals surface area contributed by atoms with Gasteiger partial charge in [-0.15, -0.1) is 23.1 Å². The van der Waals surface area contributed by atoms with Crippen molar-refractivity contribution in [1.29, 1.82) is 0 Å². The molecule has 60 heavy (non-hydrogen) atoms. The zero-order chi connectivity index (χ0) is 41.8. The highest BCUT2D eigenvalue weighted by Crippen LogP contribution is 2.41. The summed E-state index contributed by atoms with van der Waals surface area (Å²) in [5.74, 6) is -1.23. The Balaban J connectivity index is 1.13. The lowest BCUT2D eigenvalue weighted by molar-refractivity contribution is -0.116. The number of nitrogens with one attached hydrogen (secondary N) is 3. The van der Waals surface area contributed by atoms with Gasteiger partial charge in [-0.1, -0.05) is 103 Å². The van der Waals surface area contributed by atoms with Crippen molar-refractivity contribution in [2.45, 2.75) is 36.6 Å². The Labute approximate surface area is 357 Å². The summed E-state index contributed by atoms with van der Waals surface area (Å²) in [5.41, 5.74) is 4.75. The van der Waals surface area contributed by atoms with E-state index in [1.807, 2.05) is 79.7 Å². The first kappa shape index (κ1) is 41.7. The van der Waals surface area contributed by atoms with E-state index < -0.39 is 23.0 Å². The predicted octanol–water partition coefficient (Wildman–Crippen LogP) is 9.37. The average molecular weight is 837 g/mol. The fourth-order valence-corrected chi connectivity index (χ4v) is 9.25. The zero-order valence-electron chi connectivity index (χ0n) is 33.2. The quantitative estimate of drug-likeness (QED) is 0.0531. The number of thioether (sulfide) groups is 1. The molecule has 3 amide bonds. The number of carbonyl (C=O) groups is 4. The van der Waals surface area contributed by atoms with Gasteiger partial charge in [0.1, 0.15) is 21.7 Å². The highest BCUT2D eigenvalue weighted by Gasteiger charge is 2.31. The first-order valence-corrected chi connectivity index (χ1v) is 21.2. The number of hydrogen-bond donors (Lipinski definition) is 3.